The standard InChI is InChI=1S/C15H23N3O3S/c1-11-13(8-19)16-12-2-3-18(15(20)14(11)12)10-22-9-17-4-6-21-7-5-17/h8,15-16,20H,2-7,9-10H2,1H3. The number of carbonyl (C=O) groups excluding carboxylic acids is 1. The number of nitrogens with zero attached hydrogens (tertiary/aromatic N) is 2. The van der Waals surface area contributed by atoms with Crippen LogP contribution in [-0.2, 0) is 11.2 Å². The maximum Gasteiger partial charge on any atom is 0.166 e. The van der Waals surface area contributed by atoms with Crippen molar-refractivity contribution in [2.45, 2.75) is 19.6 Å². The predicted molar refractivity (Wildman–Crippen MR) is 86.0 cm³/mol. The molecule has 1 atom stereocenters. The predicted octanol–water partition coefficient (Wildman–Crippen LogP) is 0.965. The Labute approximate surface area is 134 Å². The molecular weight excluding hydrogens is 302 g/mol. The minimum absolute atomic E-state index is 0.590. The van der Waals surface area contributed by atoms with Crippen LogP contribution in [0.4, 0.5) is 0 Å². The van der Waals surface area contributed by atoms with Gasteiger partial charge in [0.1, 0.15) is 6.23 Å². The fraction of sp³-hybridized carbons (Fsp3) is 0.667. The fourth-order valence-electron chi connectivity index (χ4n) is 3.07. The summed E-state index contributed by atoms with van der Waals surface area (Å²) < 4.78 is 5.34. The normalized spacial score (nSPS) is 23.5. The van der Waals surface area contributed by atoms with Gasteiger partial charge in [0.05, 0.1) is 18.9 Å². The van der Waals surface area contributed by atoms with Crippen molar-refractivity contribution in [2.75, 3.05) is 44.6 Å². The number of aldehydes is 1. The van der Waals surface area contributed by atoms with Crippen LogP contribution in [0.25, 0.3) is 0 Å². The summed E-state index contributed by atoms with van der Waals surface area (Å²) in [6, 6.07) is 0. The van der Waals surface area contributed by atoms with E-state index in [0.717, 1.165) is 74.1 Å². The van der Waals surface area contributed by atoms with Crippen LogP contribution < -0.4 is 0 Å². The highest BCUT2D eigenvalue weighted by Gasteiger charge is 2.29. The number of aromatic amines is 1. The molecule has 0 bridgehead atoms. The number of carbonyl (C=O) groups is 1. The van der Waals surface area contributed by atoms with Crippen molar-refractivity contribution in [1.29, 1.82) is 0 Å². The van der Waals surface area contributed by atoms with Crippen LogP contribution in [0.15, 0.2) is 0 Å². The van der Waals surface area contributed by atoms with Gasteiger partial charge in [-0.05, 0) is 12.5 Å². The fourth-order valence-corrected chi connectivity index (χ4v) is 4.18. The molecule has 0 amide bonds. The Bertz CT molecular complexity index is 528. The van der Waals surface area contributed by atoms with E-state index >= 15 is 0 Å². The number of thioether (sulfide) groups is 1. The van der Waals surface area contributed by atoms with Crippen LogP contribution in [0.3, 0.4) is 0 Å². The molecule has 2 aliphatic heterocycles. The molecule has 0 spiro atoms. The van der Waals surface area contributed by atoms with Gasteiger partial charge in [0.25, 0.3) is 0 Å². The Balaban J connectivity index is 1.57. The van der Waals surface area contributed by atoms with Crippen LogP contribution in [0, 0.1) is 6.92 Å². The highest BCUT2D eigenvalue weighted by Crippen LogP contribution is 2.32. The van der Waals surface area contributed by atoms with Crippen LogP contribution >= 0.6 is 11.8 Å². The van der Waals surface area contributed by atoms with Gasteiger partial charge < -0.3 is 14.8 Å². The summed E-state index contributed by atoms with van der Waals surface area (Å²) in [6.45, 7) is 6.30. The average molecular weight is 325 g/mol. The number of H-pyrrole nitrogens is 1. The minimum atomic E-state index is -0.620. The number of aromatic nitrogens is 1. The van der Waals surface area contributed by atoms with Crippen molar-refractivity contribution in [2.24, 2.45) is 0 Å². The van der Waals surface area contributed by atoms with Crippen molar-refractivity contribution >= 4 is 18.0 Å². The smallest absolute Gasteiger partial charge is 0.166 e. The van der Waals surface area contributed by atoms with Crippen LogP contribution in [-0.4, -0.2) is 70.8 Å². The molecule has 1 fully saturated rings. The largest absolute Gasteiger partial charge is 0.379 e. The van der Waals surface area contributed by atoms with Crippen molar-refractivity contribution < 1.29 is 14.6 Å². The first-order chi connectivity index (χ1) is 10.7. The Morgan fingerprint density at radius 1 is 1.36 bits per heavy atom. The van der Waals surface area contributed by atoms with E-state index in [1.807, 2.05) is 18.7 Å². The number of aliphatic hydroxyl groups excluding tert-OH is 1. The topological polar surface area (TPSA) is 68.8 Å². The van der Waals surface area contributed by atoms with E-state index in [4.69, 9.17) is 4.74 Å². The number of hydrogen-bond donors (Lipinski definition) is 2. The lowest BCUT2D eigenvalue weighted by Gasteiger charge is -2.33. The molecule has 0 aromatic carbocycles. The Morgan fingerprint density at radius 3 is 2.86 bits per heavy atom. The highest BCUT2D eigenvalue weighted by molar-refractivity contribution is 7.99. The Kier molecular flexibility index (Phi) is 5.20. The van der Waals surface area contributed by atoms with E-state index in [-0.39, 0.29) is 0 Å². The molecule has 1 saturated heterocycles. The second-order valence-electron chi connectivity index (χ2n) is 5.80. The van der Waals surface area contributed by atoms with Crippen LogP contribution in [0.2, 0.25) is 0 Å². The Morgan fingerprint density at radius 2 is 2.14 bits per heavy atom. The quantitative estimate of drug-likeness (QED) is 0.786. The molecule has 0 aliphatic carbocycles. The summed E-state index contributed by atoms with van der Waals surface area (Å²) >= 11 is 1.82. The number of fused-ring (bicyclic) bond motifs is 1. The van der Waals surface area contributed by atoms with Gasteiger partial charge in [0, 0.05) is 49.1 Å². The molecule has 0 saturated carbocycles. The van der Waals surface area contributed by atoms with E-state index in [1.165, 1.54) is 0 Å². The van der Waals surface area contributed by atoms with Gasteiger partial charge in [0.15, 0.2) is 6.29 Å². The highest BCUT2D eigenvalue weighted by atomic mass is 32.2. The third kappa shape index (κ3) is 3.23. The second-order valence-corrected chi connectivity index (χ2v) is 6.73. The van der Waals surface area contributed by atoms with Crippen molar-refractivity contribution in [3.8, 4) is 0 Å². The molecule has 0 radical (unpaired) electrons. The van der Waals surface area contributed by atoms with E-state index in [0.29, 0.717) is 5.69 Å². The third-order valence-corrected chi connectivity index (χ3v) is 5.49. The van der Waals surface area contributed by atoms with E-state index in [2.05, 4.69) is 14.8 Å². The summed E-state index contributed by atoms with van der Waals surface area (Å²) in [7, 11) is 0. The van der Waals surface area contributed by atoms with Crippen LogP contribution in [0.1, 0.15) is 33.5 Å². The van der Waals surface area contributed by atoms with Gasteiger partial charge in [-0.2, -0.15) is 0 Å². The molecule has 2 N–H and O–H groups in total. The maximum atomic E-state index is 11.0. The first-order valence-electron chi connectivity index (χ1n) is 7.67. The number of ether oxygens (including phenoxy) is 1. The lowest BCUT2D eigenvalue weighted by atomic mass is 10.0. The van der Waals surface area contributed by atoms with Gasteiger partial charge in [-0.3, -0.25) is 14.6 Å². The van der Waals surface area contributed by atoms with Gasteiger partial charge >= 0.3 is 0 Å². The molecule has 22 heavy (non-hydrogen) atoms. The van der Waals surface area contributed by atoms with Crippen molar-refractivity contribution in [3.05, 3.63) is 22.5 Å². The molecule has 3 rings (SSSR count). The van der Waals surface area contributed by atoms with E-state index < -0.39 is 6.23 Å². The summed E-state index contributed by atoms with van der Waals surface area (Å²) in [5, 5.41) is 10.6. The molecule has 3 heterocycles. The average Bonchev–Trinajstić information content (AvgIpc) is 2.87. The SMILES string of the molecule is Cc1c(C=O)[nH]c2c1C(O)N(CSCN1CCOCC1)CC2. The summed E-state index contributed by atoms with van der Waals surface area (Å²) in [4.78, 5) is 18.6. The Hall–Kier alpha value is -0.860. The number of nitrogens with one attached hydrogen (secondary N) is 1. The van der Waals surface area contributed by atoms with Gasteiger partial charge in [-0.25, -0.2) is 0 Å². The zero-order valence-electron chi connectivity index (χ0n) is 12.9. The van der Waals surface area contributed by atoms with E-state index in [9.17, 15) is 9.90 Å². The molecule has 1 aromatic rings. The first kappa shape index (κ1) is 16.0. The molecular formula is C15H23N3O3S. The molecule has 2 aliphatic rings. The summed E-state index contributed by atoms with van der Waals surface area (Å²) in [5.74, 6) is 1.75. The van der Waals surface area contributed by atoms with Gasteiger partial charge in [-0.15, -0.1) is 11.8 Å². The third-order valence-electron chi connectivity index (χ3n) is 4.42. The summed E-state index contributed by atoms with van der Waals surface area (Å²) in [6.07, 6.45) is 1.06. The van der Waals surface area contributed by atoms with Gasteiger partial charge in [-0.1, -0.05) is 0 Å². The van der Waals surface area contributed by atoms with Gasteiger partial charge in [0.2, 0.25) is 0 Å². The molecule has 7 heteroatoms. The van der Waals surface area contributed by atoms with Crippen LogP contribution in [0.5, 0.6) is 0 Å². The number of morpholine rings is 1. The monoisotopic (exact) mass is 325 g/mol. The minimum Gasteiger partial charge on any atom is -0.379 e. The van der Waals surface area contributed by atoms with Crippen molar-refractivity contribution in [1.82, 2.24) is 14.8 Å². The molecule has 6 nitrogen and oxygen atoms in total. The lowest BCUT2D eigenvalue weighted by molar-refractivity contribution is 0.00702. The maximum absolute atomic E-state index is 11.0. The zero-order valence-corrected chi connectivity index (χ0v) is 13.7. The lowest BCUT2D eigenvalue weighted by Crippen LogP contribution is -2.38. The number of rotatable bonds is 5. The van der Waals surface area contributed by atoms with E-state index in [1.54, 1.807) is 0 Å². The zero-order chi connectivity index (χ0) is 15.5. The second kappa shape index (κ2) is 7.14. The van der Waals surface area contributed by atoms with Crippen molar-refractivity contribution in [3.63, 3.8) is 0 Å². The molecule has 1 aromatic heterocycles. The first-order valence-corrected chi connectivity index (χ1v) is 8.82. The number of hydrogen-bond acceptors (Lipinski definition) is 6. The molecule has 1 unspecified atom stereocenters. The summed E-state index contributed by atoms with van der Waals surface area (Å²) in [5.41, 5.74) is 3.36. The number of aliphatic hydroxyl groups is 1. The molecule has 122 valence electrons.